The molecular weight excluding hydrogens is 657 g/mol. The summed E-state index contributed by atoms with van der Waals surface area (Å²) in [5, 5.41) is 14.6. The van der Waals surface area contributed by atoms with E-state index >= 15 is 0 Å². The molecule has 0 atom stereocenters. The number of hydrogen-bond acceptors (Lipinski definition) is 4. The Bertz CT molecular complexity index is 3230. The molecule has 54 heavy (non-hydrogen) atoms. The zero-order valence-electron chi connectivity index (χ0n) is 29.1. The van der Waals surface area contributed by atoms with Gasteiger partial charge in [0.1, 0.15) is 0 Å². The van der Waals surface area contributed by atoms with E-state index in [1.165, 1.54) is 59.2 Å². The zero-order chi connectivity index (χ0) is 35.6. The molecule has 0 aliphatic rings. The van der Waals surface area contributed by atoms with Crippen LogP contribution in [0.3, 0.4) is 0 Å². The molecule has 2 heterocycles. The number of aromatic nitrogens is 4. The molecule has 250 valence electrons. The molecule has 4 heteroatoms. The Kier molecular flexibility index (Phi) is 6.82. The highest BCUT2D eigenvalue weighted by atomic mass is 15.0. The fourth-order valence-electron chi connectivity index (χ4n) is 8.19. The van der Waals surface area contributed by atoms with Gasteiger partial charge in [-0.1, -0.05) is 152 Å². The molecule has 0 bridgehead atoms. The largest absolute Gasteiger partial charge is 0.264 e. The minimum atomic E-state index is 0.630. The monoisotopic (exact) mass is 686 g/mol. The summed E-state index contributed by atoms with van der Waals surface area (Å²) >= 11 is 0. The van der Waals surface area contributed by atoms with Gasteiger partial charge in [-0.15, -0.1) is 0 Å². The first-order chi connectivity index (χ1) is 26.8. The summed E-state index contributed by atoms with van der Waals surface area (Å²) in [7, 11) is 0. The lowest BCUT2D eigenvalue weighted by Gasteiger charge is -2.14. The van der Waals surface area contributed by atoms with Crippen LogP contribution in [-0.4, -0.2) is 19.9 Å². The predicted molar refractivity (Wildman–Crippen MR) is 224 cm³/mol. The van der Waals surface area contributed by atoms with Crippen molar-refractivity contribution in [1.29, 1.82) is 0 Å². The molecule has 0 radical (unpaired) electrons. The first-order valence-electron chi connectivity index (χ1n) is 18.2. The van der Waals surface area contributed by atoms with E-state index in [2.05, 4.69) is 157 Å². The minimum absolute atomic E-state index is 0.630. The predicted octanol–water partition coefficient (Wildman–Crippen LogP) is 12.9. The van der Waals surface area contributed by atoms with Gasteiger partial charge in [-0.3, -0.25) is 4.98 Å². The van der Waals surface area contributed by atoms with Crippen molar-refractivity contribution in [2.45, 2.75) is 0 Å². The van der Waals surface area contributed by atoms with E-state index in [9.17, 15) is 0 Å². The number of rotatable bonds is 4. The van der Waals surface area contributed by atoms with Crippen LogP contribution in [0.25, 0.3) is 110 Å². The van der Waals surface area contributed by atoms with E-state index in [0.717, 1.165) is 33.2 Å². The van der Waals surface area contributed by atoms with Crippen LogP contribution < -0.4 is 0 Å². The Morgan fingerprint density at radius 1 is 0.278 bits per heavy atom. The second kappa shape index (κ2) is 12.1. The van der Waals surface area contributed by atoms with E-state index in [1.54, 1.807) is 0 Å². The average Bonchev–Trinajstić information content (AvgIpc) is 3.26. The van der Waals surface area contributed by atoms with Crippen molar-refractivity contribution in [3.05, 3.63) is 182 Å². The van der Waals surface area contributed by atoms with Crippen molar-refractivity contribution in [3.8, 4) is 45.3 Å². The standard InChI is InChI=1S/C50H30N4/c1-2-11-33(12-3-1)48-52-49(54-50(53-48)35-23-25-41-39-16-7-6-14-37(39)38-15-8-9-17-40(38)45(41)28-35)34-20-18-32(19-21-34)44-29-46-36-13-5-4-10-31(36)22-24-42(46)43-26-27-51-30-47(43)44/h1-30H. The highest BCUT2D eigenvalue weighted by Gasteiger charge is 2.16. The maximum absolute atomic E-state index is 5.14. The second-order valence-corrected chi connectivity index (χ2v) is 13.8. The van der Waals surface area contributed by atoms with Crippen LogP contribution in [0.4, 0.5) is 0 Å². The summed E-state index contributed by atoms with van der Waals surface area (Å²) in [5.74, 6) is 1.91. The van der Waals surface area contributed by atoms with Gasteiger partial charge in [-0.2, -0.15) is 0 Å². The van der Waals surface area contributed by atoms with Crippen molar-refractivity contribution in [3.63, 3.8) is 0 Å². The van der Waals surface area contributed by atoms with Crippen molar-refractivity contribution < 1.29 is 0 Å². The first kappa shape index (κ1) is 30.3. The fourth-order valence-corrected chi connectivity index (χ4v) is 8.19. The highest BCUT2D eigenvalue weighted by molar-refractivity contribution is 6.26. The van der Waals surface area contributed by atoms with Gasteiger partial charge in [-0.05, 0) is 88.6 Å². The summed E-state index contributed by atoms with van der Waals surface area (Å²) in [4.78, 5) is 19.8. The molecule has 0 amide bonds. The van der Waals surface area contributed by atoms with E-state index < -0.39 is 0 Å². The number of pyridine rings is 1. The van der Waals surface area contributed by atoms with Gasteiger partial charge in [0.05, 0.1) is 0 Å². The van der Waals surface area contributed by atoms with Crippen molar-refractivity contribution in [1.82, 2.24) is 19.9 Å². The van der Waals surface area contributed by atoms with Gasteiger partial charge in [0.25, 0.3) is 0 Å². The molecule has 11 rings (SSSR count). The first-order valence-corrected chi connectivity index (χ1v) is 18.2. The van der Waals surface area contributed by atoms with Gasteiger partial charge in [0.2, 0.25) is 0 Å². The topological polar surface area (TPSA) is 51.6 Å². The summed E-state index contributed by atoms with van der Waals surface area (Å²) < 4.78 is 0. The SMILES string of the molecule is c1ccc(-c2nc(-c3ccc(-c4cc5c6ccccc6ccc5c5ccncc45)cc3)nc(-c3ccc4c5ccccc5c5ccccc5c4c3)n2)cc1. The number of benzene rings is 9. The number of fused-ring (bicyclic) bond motifs is 11. The summed E-state index contributed by atoms with van der Waals surface area (Å²) in [6, 6.07) is 60.1. The van der Waals surface area contributed by atoms with Gasteiger partial charge in [0, 0.05) is 34.5 Å². The van der Waals surface area contributed by atoms with Crippen molar-refractivity contribution >= 4 is 64.6 Å². The van der Waals surface area contributed by atoms with Crippen LogP contribution in [0.15, 0.2) is 182 Å². The summed E-state index contributed by atoms with van der Waals surface area (Å²) in [5.41, 5.74) is 5.07. The van der Waals surface area contributed by atoms with Gasteiger partial charge >= 0.3 is 0 Å². The maximum Gasteiger partial charge on any atom is 0.164 e. The third-order valence-electron chi connectivity index (χ3n) is 10.8. The molecular formula is C50H30N4. The molecule has 9 aromatic carbocycles. The van der Waals surface area contributed by atoms with Crippen molar-refractivity contribution in [2.24, 2.45) is 0 Å². The fraction of sp³-hybridized carbons (Fsp3) is 0. The van der Waals surface area contributed by atoms with Gasteiger partial charge in [-0.25, -0.2) is 15.0 Å². The van der Waals surface area contributed by atoms with E-state index in [-0.39, 0.29) is 0 Å². The molecule has 0 unspecified atom stereocenters. The summed E-state index contributed by atoms with van der Waals surface area (Å²) in [6.45, 7) is 0. The zero-order valence-corrected chi connectivity index (χ0v) is 29.1. The Balaban J connectivity index is 1.07. The van der Waals surface area contributed by atoms with E-state index in [1.807, 2.05) is 30.6 Å². The lowest BCUT2D eigenvalue weighted by Crippen LogP contribution is -2.00. The lowest BCUT2D eigenvalue weighted by atomic mass is 9.91. The highest BCUT2D eigenvalue weighted by Crippen LogP contribution is 2.39. The average molecular weight is 687 g/mol. The van der Waals surface area contributed by atoms with E-state index in [0.29, 0.717) is 17.5 Å². The second-order valence-electron chi connectivity index (χ2n) is 13.8. The maximum atomic E-state index is 5.14. The Hall–Kier alpha value is -7.30. The third kappa shape index (κ3) is 4.85. The Labute approximate surface area is 311 Å². The number of nitrogens with zero attached hydrogens (tertiary/aromatic N) is 4. The molecule has 4 nitrogen and oxygen atoms in total. The van der Waals surface area contributed by atoms with Crippen LogP contribution in [0, 0.1) is 0 Å². The molecule has 0 N–H and O–H groups in total. The third-order valence-corrected chi connectivity index (χ3v) is 10.8. The molecule has 0 fully saturated rings. The van der Waals surface area contributed by atoms with Crippen LogP contribution in [0.2, 0.25) is 0 Å². The van der Waals surface area contributed by atoms with Crippen LogP contribution in [-0.2, 0) is 0 Å². The molecule has 0 spiro atoms. The quantitative estimate of drug-likeness (QED) is 0.173. The lowest BCUT2D eigenvalue weighted by molar-refractivity contribution is 1.07. The van der Waals surface area contributed by atoms with Crippen LogP contribution in [0.5, 0.6) is 0 Å². The number of hydrogen-bond donors (Lipinski definition) is 0. The van der Waals surface area contributed by atoms with Crippen LogP contribution >= 0.6 is 0 Å². The molecule has 0 aliphatic heterocycles. The smallest absolute Gasteiger partial charge is 0.164 e. The van der Waals surface area contributed by atoms with Gasteiger partial charge < -0.3 is 0 Å². The molecule has 0 aliphatic carbocycles. The Morgan fingerprint density at radius 3 is 1.43 bits per heavy atom. The minimum Gasteiger partial charge on any atom is -0.264 e. The van der Waals surface area contributed by atoms with Crippen molar-refractivity contribution in [2.75, 3.05) is 0 Å². The normalized spacial score (nSPS) is 11.7. The molecule has 0 saturated carbocycles. The van der Waals surface area contributed by atoms with E-state index in [4.69, 9.17) is 15.0 Å². The molecule has 2 aromatic heterocycles. The van der Waals surface area contributed by atoms with Crippen LogP contribution in [0.1, 0.15) is 0 Å². The van der Waals surface area contributed by atoms with Gasteiger partial charge in [0.15, 0.2) is 17.5 Å². The molecule has 0 saturated heterocycles. The Morgan fingerprint density at radius 2 is 0.741 bits per heavy atom. The summed E-state index contributed by atoms with van der Waals surface area (Å²) in [6.07, 6.45) is 3.86. The molecule has 11 aromatic rings.